The predicted molar refractivity (Wildman–Crippen MR) is 120 cm³/mol. The summed E-state index contributed by atoms with van der Waals surface area (Å²) in [5.41, 5.74) is 1.06. The topological polar surface area (TPSA) is 84.7 Å². The number of carbonyl (C=O) groups is 1. The quantitative estimate of drug-likeness (QED) is 0.271. The van der Waals surface area contributed by atoms with Gasteiger partial charge < -0.3 is 18.9 Å². The van der Waals surface area contributed by atoms with Gasteiger partial charge in [0, 0.05) is 18.5 Å². The molecule has 0 aliphatic heterocycles. The van der Waals surface area contributed by atoms with Crippen LogP contribution in [0.2, 0.25) is 0 Å². The number of unbranched alkanes of at least 4 members (excludes halogenated alkanes) is 1. The second kappa shape index (κ2) is 18.2. The van der Waals surface area contributed by atoms with Gasteiger partial charge in [0.2, 0.25) is 0 Å². The number of nitrogens with zero attached hydrogens (tertiary/aromatic N) is 3. The maximum Gasteiger partial charge on any atom is 0.137 e. The van der Waals surface area contributed by atoms with E-state index in [9.17, 15) is 4.79 Å². The van der Waals surface area contributed by atoms with Crippen molar-refractivity contribution >= 4 is 5.78 Å². The molecule has 1 aromatic rings. The molecule has 0 aromatic carbocycles. The van der Waals surface area contributed by atoms with E-state index in [-0.39, 0.29) is 11.7 Å². The van der Waals surface area contributed by atoms with E-state index in [1.54, 1.807) is 0 Å². The summed E-state index contributed by atoms with van der Waals surface area (Å²) in [7, 11) is 0. The minimum absolute atomic E-state index is 0.0747. The summed E-state index contributed by atoms with van der Waals surface area (Å²) < 4.78 is 23.7. The molecule has 8 nitrogen and oxygen atoms in total. The summed E-state index contributed by atoms with van der Waals surface area (Å²) in [6.45, 7) is 13.2. The third kappa shape index (κ3) is 16.0. The Bertz CT molecular complexity index is 563. The van der Waals surface area contributed by atoms with Crippen molar-refractivity contribution in [1.82, 2.24) is 15.0 Å². The Hall–Kier alpha value is -1.35. The second-order valence-electron chi connectivity index (χ2n) is 8.43. The first-order valence-corrected chi connectivity index (χ1v) is 11.7. The van der Waals surface area contributed by atoms with E-state index in [2.05, 4.69) is 24.2 Å². The van der Waals surface area contributed by atoms with Gasteiger partial charge in [-0.3, -0.25) is 4.79 Å². The van der Waals surface area contributed by atoms with E-state index in [1.165, 1.54) is 19.3 Å². The Morgan fingerprint density at radius 1 is 0.871 bits per heavy atom. The molecule has 0 fully saturated rings. The van der Waals surface area contributed by atoms with Gasteiger partial charge in [0.15, 0.2) is 0 Å². The van der Waals surface area contributed by atoms with Gasteiger partial charge in [-0.25, -0.2) is 4.68 Å². The van der Waals surface area contributed by atoms with E-state index in [0.29, 0.717) is 65.8 Å². The molecular formula is C23H43N3O5. The van der Waals surface area contributed by atoms with Gasteiger partial charge in [0.1, 0.15) is 5.78 Å². The van der Waals surface area contributed by atoms with Crippen molar-refractivity contribution in [2.75, 3.05) is 52.9 Å². The summed E-state index contributed by atoms with van der Waals surface area (Å²) in [6.07, 6.45) is 7.16. The van der Waals surface area contributed by atoms with Gasteiger partial charge in [0.25, 0.3) is 0 Å². The SMILES string of the molecule is CC(C)CCCCc1cn(CCOCCOCCOCCOCCC(=O)C(C)C)nn1. The highest BCUT2D eigenvalue weighted by atomic mass is 16.6. The van der Waals surface area contributed by atoms with Crippen LogP contribution in [0, 0.1) is 11.8 Å². The van der Waals surface area contributed by atoms with Crippen molar-refractivity contribution in [3.8, 4) is 0 Å². The van der Waals surface area contributed by atoms with Crippen LogP contribution in [0.1, 0.15) is 59.1 Å². The lowest BCUT2D eigenvalue weighted by molar-refractivity contribution is -0.123. The lowest BCUT2D eigenvalue weighted by atomic mass is 10.0. The van der Waals surface area contributed by atoms with Gasteiger partial charge in [-0.05, 0) is 18.8 Å². The van der Waals surface area contributed by atoms with Crippen molar-refractivity contribution in [3.05, 3.63) is 11.9 Å². The van der Waals surface area contributed by atoms with E-state index in [4.69, 9.17) is 18.9 Å². The highest BCUT2D eigenvalue weighted by Crippen LogP contribution is 2.09. The van der Waals surface area contributed by atoms with E-state index in [0.717, 1.165) is 18.0 Å². The molecule has 0 saturated carbocycles. The summed E-state index contributed by atoms with van der Waals surface area (Å²) in [6, 6.07) is 0. The van der Waals surface area contributed by atoms with Crippen LogP contribution in [0.25, 0.3) is 0 Å². The van der Waals surface area contributed by atoms with Crippen molar-refractivity contribution in [1.29, 1.82) is 0 Å². The van der Waals surface area contributed by atoms with Crippen LogP contribution < -0.4 is 0 Å². The molecule has 0 unspecified atom stereocenters. The number of carbonyl (C=O) groups excluding carboxylic acids is 1. The number of ketones is 1. The molecule has 0 bridgehead atoms. The fourth-order valence-electron chi connectivity index (χ4n) is 2.80. The molecule has 1 heterocycles. The molecule has 0 aliphatic carbocycles. The highest BCUT2D eigenvalue weighted by Gasteiger charge is 2.06. The monoisotopic (exact) mass is 441 g/mol. The Morgan fingerprint density at radius 3 is 2.03 bits per heavy atom. The van der Waals surface area contributed by atoms with Crippen molar-refractivity contribution in [3.63, 3.8) is 0 Å². The first-order valence-electron chi connectivity index (χ1n) is 11.7. The maximum absolute atomic E-state index is 11.4. The number of aromatic nitrogens is 3. The molecule has 8 heteroatoms. The smallest absolute Gasteiger partial charge is 0.137 e. The minimum Gasteiger partial charge on any atom is -0.379 e. The molecule has 0 N–H and O–H groups in total. The molecule has 0 aliphatic rings. The normalized spacial score (nSPS) is 11.7. The summed E-state index contributed by atoms with van der Waals surface area (Å²) in [4.78, 5) is 11.4. The van der Waals surface area contributed by atoms with Crippen LogP contribution in [-0.2, 0) is 36.7 Å². The second-order valence-corrected chi connectivity index (χ2v) is 8.43. The fourth-order valence-corrected chi connectivity index (χ4v) is 2.80. The first-order chi connectivity index (χ1) is 15.0. The van der Waals surface area contributed by atoms with Crippen molar-refractivity contribution in [2.24, 2.45) is 11.8 Å². The Labute approximate surface area is 188 Å². The largest absolute Gasteiger partial charge is 0.379 e. The zero-order valence-corrected chi connectivity index (χ0v) is 20.0. The Balaban J connectivity index is 1.84. The van der Waals surface area contributed by atoms with E-state index < -0.39 is 0 Å². The molecule has 0 atom stereocenters. The number of hydrogen-bond acceptors (Lipinski definition) is 7. The van der Waals surface area contributed by atoms with Crippen LogP contribution in [0.5, 0.6) is 0 Å². The van der Waals surface area contributed by atoms with Crippen LogP contribution >= 0.6 is 0 Å². The van der Waals surface area contributed by atoms with Crippen LogP contribution in [0.4, 0.5) is 0 Å². The summed E-state index contributed by atoms with van der Waals surface area (Å²) in [5.74, 6) is 1.07. The van der Waals surface area contributed by atoms with Gasteiger partial charge in [-0.2, -0.15) is 0 Å². The summed E-state index contributed by atoms with van der Waals surface area (Å²) in [5, 5.41) is 8.38. The van der Waals surface area contributed by atoms with Gasteiger partial charge >= 0.3 is 0 Å². The van der Waals surface area contributed by atoms with E-state index in [1.807, 2.05) is 24.7 Å². The molecule has 180 valence electrons. The van der Waals surface area contributed by atoms with E-state index >= 15 is 0 Å². The van der Waals surface area contributed by atoms with Gasteiger partial charge in [-0.1, -0.05) is 45.7 Å². The number of rotatable bonds is 21. The third-order valence-electron chi connectivity index (χ3n) is 4.77. The van der Waals surface area contributed by atoms with Gasteiger partial charge in [0.05, 0.1) is 65.1 Å². The lowest BCUT2D eigenvalue weighted by Crippen LogP contribution is -2.14. The molecule has 0 saturated heterocycles. The average molecular weight is 442 g/mol. The van der Waals surface area contributed by atoms with Crippen molar-refractivity contribution < 1.29 is 23.7 Å². The lowest BCUT2D eigenvalue weighted by Gasteiger charge is -2.08. The number of aryl methyl sites for hydroxylation is 1. The van der Waals surface area contributed by atoms with Crippen molar-refractivity contribution in [2.45, 2.75) is 66.3 Å². The molecule has 1 rings (SSSR count). The number of ether oxygens (including phenoxy) is 4. The molecule has 31 heavy (non-hydrogen) atoms. The molecule has 1 aromatic heterocycles. The zero-order valence-electron chi connectivity index (χ0n) is 20.0. The Morgan fingerprint density at radius 2 is 1.45 bits per heavy atom. The third-order valence-corrected chi connectivity index (χ3v) is 4.77. The fraction of sp³-hybridized carbons (Fsp3) is 0.870. The molecule has 0 spiro atoms. The zero-order chi connectivity index (χ0) is 22.7. The molecular weight excluding hydrogens is 398 g/mol. The molecule has 0 radical (unpaired) electrons. The highest BCUT2D eigenvalue weighted by molar-refractivity contribution is 5.80. The number of hydrogen-bond donors (Lipinski definition) is 0. The average Bonchev–Trinajstić information content (AvgIpc) is 3.18. The molecule has 0 amide bonds. The van der Waals surface area contributed by atoms with Crippen LogP contribution in [0.3, 0.4) is 0 Å². The number of Topliss-reactive ketones (excluding diaryl/α,β-unsaturated/α-hetero) is 1. The first kappa shape index (κ1) is 27.7. The van der Waals surface area contributed by atoms with Crippen LogP contribution in [-0.4, -0.2) is 73.6 Å². The predicted octanol–water partition coefficient (Wildman–Crippen LogP) is 3.33. The Kier molecular flexibility index (Phi) is 16.3. The standard InChI is InChI=1S/C23H43N3O5/c1-20(2)7-5-6-8-22-19-26(25-24-22)10-12-29-14-16-31-18-17-30-15-13-28-11-9-23(27)21(3)4/h19-21H,5-18H2,1-4H3. The van der Waals surface area contributed by atoms with Crippen LogP contribution in [0.15, 0.2) is 6.20 Å². The van der Waals surface area contributed by atoms with Gasteiger partial charge in [-0.15, -0.1) is 5.10 Å². The maximum atomic E-state index is 11.4. The summed E-state index contributed by atoms with van der Waals surface area (Å²) >= 11 is 0. The minimum atomic E-state index is 0.0747.